The Kier molecular flexibility index (Phi) is 5.50. The third-order valence-electron chi connectivity index (χ3n) is 5.34. The van der Waals surface area contributed by atoms with E-state index in [9.17, 15) is 18.0 Å². The Bertz CT molecular complexity index is 1120. The van der Waals surface area contributed by atoms with Crippen molar-refractivity contribution >= 4 is 38.3 Å². The molecule has 0 atom stereocenters. The van der Waals surface area contributed by atoms with Crippen molar-refractivity contribution in [2.75, 3.05) is 30.4 Å². The number of aromatic nitrogens is 2. The average Bonchev–Trinajstić information content (AvgIpc) is 3.07. The molecule has 0 unspecified atom stereocenters. The molecule has 0 saturated carbocycles. The van der Waals surface area contributed by atoms with Crippen molar-refractivity contribution in [1.29, 1.82) is 0 Å². The first-order valence-electron chi connectivity index (χ1n) is 9.75. The molecule has 1 N–H and O–H groups in total. The number of anilines is 2. The van der Waals surface area contributed by atoms with Gasteiger partial charge in [-0.3, -0.25) is 4.79 Å². The lowest BCUT2D eigenvalue weighted by Crippen LogP contribution is -2.49. The number of methoxy groups -OCH3 is 1. The number of hydrogen-bond acceptors (Lipinski definition) is 6. The standard InChI is InChI=1S/C21H21F3N4O2S/c1-11(2)12-9-28(10-12)20-27-15-7-16(30-3)14(8-17(15)31-20)26-19(29)13-5-4-6-18(25-13)21(22,23)24/h4-8,11-12H,9-10H2,1-3H3,(H,26,29). The molecule has 1 saturated heterocycles. The van der Waals surface area contributed by atoms with Crippen molar-refractivity contribution in [1.82, 2.24) is 9.97 Å². The van der Waals surface area contributed by atoms with Crippen molar-refractivity contribution < 1.29 is 22.7 Å². The van der Waals surface area contributed by atoms with Crippen LogP contribution in [0.4, 0.5) is 24.0 Å². The third kappa shape index (κ3) is 4.30. The molecular weight excluding hydrogens is 429 g/mol. The maximum absolute atomic E-state index is 12.9. The first kappa shape index (κ1) is 21.4. The van der Waals surface area contributed by atoms with E-state index < -0.39 is 17.8 Å². The fourth-order valence-electron chi connectivity index (χ4n) is 3.34. The summed E-state index contributed by atoms with van der Waals surface area (Å²) in [6, 6.07) is 6.64. The number of hydrogen-bond donors (Lipinski definition) is 1. The molecule has 0 bridgehead atoms. The molecule has 6 nitrogen and oxygen atoms in total. The van der Waals surface area contributed by atoms with E-state index in [1.54, 1.807) is 12.1 Å². The predicted octanol–water partition coefficient (Wildman–Crippen LogP) is 5.06. The van der Waals surface area contributed by atoms with Crippen LogP contribution in [0.2, 0.25) is 0 Å². The SMILES string of the molecule is COc1cc2nc(N3CC(C(C)C)C3)sc2cc1NC(=O)c1cccc(C(F)(F)F)n1. The molecule has 10 heteroatoms. The normalized spacial score (nSPS) is 14.7. The zero-order valence-corrected chi connectivity index (χ0v) is 18.0. The lowest BCUT2D eigenvalue weighted by molar-refractivity contribution is -0.141. The minimum atomic E-state index is -4.63. The van der Waals surface area contributed by atoms with Gasteiger partial charge >= 0.3 is 6.18 Å². The van der Waals surface area contributed by atoms with Gasteiger partial charge in [-0.1, -0.05) is 31.3 Å². The van der Waals surface area contributed by atoms with Crippen LogP contribution in [0.5, 0.6) is 5.75 Å². The number of carbonyl (C=O) groups excluding carboxylic acids is 1. The number of rotatable bonds is 5. The predicted molar refractivity (Wildman–Crippen MR) is 114 cm³/mol. The third-order valence-corrected chi connectivity index (χ3v) is 6.42. The Balaban J connectivity index is 1.58. The van der Waals surface area contributed by atoms with E-state index in [1.165, 1.54) is 24.5 Å². The first-order valence-corrected chi connectivity index (χ1v) is 10.6. The van der Waals surface area contributed by atoms with Gasteiger partial charge in [0.25, 0.3) is 5.91 Å². The summed E-state index contributed by atoms with van der Waals surface area (Å²) in [4.78, 5) is 22.9. The largest absolute Gasteiger partial charge is 0.494 e. The molecule has 3 aromatic rings. The summed E-state index contributed by atoms with van der Waals surface area (Å²) in [6.45, 7) is 6.33. The number of nitrogens with one attached hydrogen (secondary N) is 1. The van der Waals surface area contributed by atoms with Crippen LogP contribution in [-0.2, 0) is 6.18 Å². The van der Waals surface area contributed by atoms with Gasteiger partial charge in [0, 0.05) is 19.2 Å². The van der Waals surface area contributed by atoms with Crippen LogP contribution in [0.15, 0.2) is 30.3 Å². The van der Waals surface area contributed by atoms with Gasteiger partial charge < -0.3 is 15.0 Å². The highest BCUT2D eigenvalue weighted by molar-refractivity contribution is 7.22. The highest BCUT2D eigenvalue weighted by Gasteiger charge is 2.33. The number of fused-ring (bicyclic) bond motifs is 1. The summed E-state index contributed by atoms with van der Waals surface area (Å²) in [6.07, 6.45) is -4.63. The van der Waals surface area contributed by atoms with E-state index in [4.69, 9.17) is 4.74 Å². The average molecular weight is 450 g/mol. The first-order chi connectivity index (χ1) is 14.7. The Morgan fingerprint density at radius 1 is 1.26 bits per heavy atom. The molecule has 0 radical (unpaired) electrons. The molecule has 31 heavy (non-hydrogen) atoms. The highest BCUT2D eigenvalue weighted by Crippen LogP contribution is 2.39. The Labute approximate surface area is 181 Å². The maximum Gasteiger partial charge on any atom is 0.433 e. The van der Waals surface area contributed by atoms with Gasteiger partial charge in [-0.25, -0.2) is 9.97 Å². The van der Waals surface area contributed by atoms with Crippen molar-refractivity contribution in [3.8, 4) is 5.75 Å². The van der Waals surface area contributed by atoms with Crippen molar-refractivity contribution in [3.05, 3.63) is 41.7 Å². The zero-order chi connectivity index (χ0) is 22.3. The molecule has 1 amide bonds. The summed E-state index contributed by atoms with van der Waals surface area (Å²) in [5.41, 5.74) is -0.371. The molecule has 0 spiro atoms. The molecule has 164 valence electrons. The van der Waals surface area contributed by atoms with Gasteiger partial charge in [0.15, 0.2) is 5.13 Å². The molecule has 3 heterocycles. The van der Waals surface area contributed by atoms with Gasteiger partial charge in [-0.15, -0.1) is 0 Å². The van der Waals surface area contributed by atoms with Gasteiger partial charge in [-0.2, -0.15) is 13.2 Å². The number of halogens is 3. The summed E-state index contributed by atoms with van der Waals surface area (Å²) < 4.78 is 44.9. The van der Waals surface area contributed by atoms with Crippen molar-refractivity contribution in [2.45, 2.75) is 20.0 Å². The quantitative estimate of drug-likeness (QED) is 0.588. The molecule has 1 aliphatic heterocycles. The van der Waals surface area contributed by atoms with Crippen molar-refractivity contribution in [2.24, 2.45) is 11.8 Å². The molecule has 1 aliphatic rings. The fraction of sp³-hybridized carbons (Fsp3) is 0.381. The van der Waals surface area contributed by atoms with Gasteiger partial charge in [0.2, 0.25) is 0 Å². The fourth-order valence-corrected chi connectivity index (χ4v) is 4.35. The molecule has 1 aromatic carbocycles. The van der Waals surface area contributed by atoms with E-state index in [0.29, 0.717) is 23.3 Å². The van der Waals surface area contributed by atoms with Crippen LogP contribution in [0.25, 0.3) is 10.2 Å². The van der Waals surface area contributed by atoms with Crippen LogP contribution < -0.4 is 15.0 Å². The number of alkyl halides is 3. The van der Waals surface area contributed by atoms with Gasteiger partial charge in [0.1, 0.15) is 17.1 Å². The molecular formula is C21H21F3N4O2S. The molecule has 4 rings (SSSR count). The van der Waals surface area contributed by atoms with Crippen LogP contribution in [0.1, 0.15) is 30.0 Å². The van der Waals surface area contributed by atoms with E-state index in [1.807, 2.05) is 0 Å². The second-order valence-electron chi connectivity index (χ2n) is 7.79. The van der Waals surface area contributed by atoms with Crippen molar-refractivity contribution in [3.63, 3.8) is 0 Å². The van der Waals surface area contributed by atoms with E-state index >= 15 is 0 Å². The van der Waals surface area contributed by atoms with Crippen LogP contribution in [0.3, 0.4) is 0 Å². The zero-order valence-electron chi connectivity index (χ0n) is 17.2. The maximum atomic E-state index is 12.9. The van der Waals surface area contributed by atoms with E-state index in [0.717, 1.165) is 40.6 Å². The number of carbonyl (C=O) groups is 1. The lowest BCUT2D eigenvalue weighted by atomic mass is 9.89. The number of amides is 1. The lowest BCUT2D eigenvalue weighted by Gasteiger charge is -2.41. The second kappa shape index (κ2) is 7.99. The number of pyridine rings is 1. The summed E-state index contributed by atoms with van der Waals surface area (Å²) in [5.74, 6) is 0.887. The molecule has 1 fully saturated rings. The second-order valence-corrected chi connectivity index (χ2v) is 8.79. The van der Waals surface area contributed by atoms with Gasteiger partial charge in [0.05, 0.1) is 23.0 Å². The van der Waals surface area contributed by atoms with Gasteiger partial charge in [-0.05, 0) is 30.0 Å². The Morgan fingerprint density at radius 3 is 2.65 bits per heavy atom. The molecule has 0 aliphatic carbocycles. The van der Waals surface area contributed by atoms with Crippen LogP contribution in [-0.4, -0.2) is 36.1 Å². The summed E-state index contributed by atoms with van der Waals surface area (Å²) >= 11 is 1.50. The Hall–Kier alpha value is -2.88. The summed E-state index contributed by atoms with van der Waals surface area (Å²) in [5, 5.41) is 3.51. The van der Waals surface area contributed by atoms with E-state index in [2.05, 4.69) is 34.0 Å². The highest BCUT2D eigenvalue weighted by atomic mass is 32.1. The number of ether oxygens (including phenoxy) is 1. The molecule has 2 aromatic heterocycles. The monoisotopic (exact) mass is 450 g/mol. The topological polar surface area (TPSA) is 67.3 Å². The van der Waals surface area contributed by atoms with Crippen LogP contribution in [0, 0.1) is 11.8 Å². The van der Waals surface area contributed by atoms with Crippen LogP contribution >= 0.6 is 11.3 Å². The minimum Gasteiger partial charge on any atom is -0.494 e. The number of thiazole rings is 1. The summed E-state index contributed by atoms with van der Waals surface area (Å²) in [7, 11) is 1.45. The number of benzene rings is 1. The minimum absolute atomic E-state index is 0.331. The smallest absolute Gasteiger partial charge is 0.433 e. The number of nitrogens with zero attached hydrogens (tertiary/aromatic N) is 3. The Morgan fingerprint density at radius 2 is 2.00 bits per heavy atom. The van der Waals surface area contributed by atoms with E-state index in [-0.39, 0.29) is 5.69 Å².